The number of benzene rings is 1. The van der Waals surface area contributed by atoms with Gasteiger partial charge in [0.05, 0.1) is 5.39 Å². The largest absolute Gasteiger partial charge is 0.463 e. The van der Waals surface area contributed by atoms with Crippen molar-refractivity contribution in [3.05, 3.63) is 76.4 Å². The molecule has 0 radical (unpaired) electrons. The van der Waals surface area contributed by atoms with Crippen LogP contribution < -0.4 is 5.43 Å². The first-order valence-electron chi connectivity index (χ1n) is 7.78. The van der Waals surface area contributed by atoms with Crippen LogP contribution in [0.1, 0.15) is 29.8 Å². The van der Waals surface area contributed by atoms with Gasteiger partial charge in [0.2, 0.25) is 5.43 Å². The standard InChI is InChI=1S/C19H18N2O3/c1-13(2)21(11-14-6-5-9-20-10-14)19(23)16-12-24-17-8-4-3-7-15(17)18(16)22/h3-10,12-13H,11H2,1-2H3. The van der Waals surface area contributed by atoms with Gasteiger partial charge in [0.1, 0.15) is 17.4 Å². The highest BCUT2D eigenvalue weighted by Gasteiger charge is 2.23. The Bertz CT molecular complexity index is 917. The fourth-order valence-corrected chi connectivity index (χ4v) is 2.56. The van der Waals surface area contributed by atoms with Gasteiger partial charge >= 0.3 is 0 Å². The highest BCUT2D eigenvalue weighted by Crippen LogP contribution is 2.15. The number of rotatable bonds is 4. The minimum atomic E-state index is -0.339. The summed E-state index contributed by atoms with van der Waals surface area (Å²) in [5, 5.41) is 0.411. The summed E-state index contributed by atoms with van der Waals surface area (Å²) in [4.78, 5) is 31.2. The molecular formula is C19H18N2O3. The zero-order valence-electron chi connectivity index (χ0n) is 13.6. The normalized spacial score (nSPS) is 11.0. The summed E-state index contributed by atoms with van der Waals surface area (Å²) >= 11 is 0. The lowest BCUT2D eigenvalue weighted by Gasteiger charge is -2.26. The van der Waals surface area contributed by atoms with Gasteiger partial charge in [0.15, 0.2) is 0 Å². The van der Waals surface area contributed by atoms with E-state index in [1.165, 1.54) is 6.26 Å². The Morgan fingerprint density at radius 2 is 2.00 bits per heavy atom. The zero-order chi connectivity index (χ0) is 17.1. The third-order valence-corrected chi connectivity index (χ3v) is 3.87. The average Bonchev–Trinajstić information content (AvgIpc) is 2.60. The van der Waals surface area contributed by atoms with Crippen LogP contribution in [0.3, 0.4) is 0 Å². The van der Waals surface area contributed by atoms with Crippen molar-refractivity contribution in [2.75, 3.05) is 0 Å². The Labute approximate surface area is 139 Å². The molecule has 1 aromatic carbocycles. The van der Waals surface area contributed by atoms with E-state index in [1.807, 2.05) is 26.0 Å². The number of hydrogen-bond donors (Lipinski definition) is 0. The predicted molar refractivity (Wildman–Crippen MR) is 91.7 cm³/mol. The molecule has 1 amide bonds. The van der Waals surface area contributed by atoms with Gasteiger partial charge in [-0.3, -0.25) is 14.6 Å². The van der Waals surface area contributed by atoms with Crippen LogP contribution >= 0.6 is 0 Å². The molecule has 2 heterocycles. The molecule has 2 aromatic heterocycles. The highest BCUT2D eigenvalue weighted by molar-refractivity contribution is 5.96. The van der Waals surface area contributed by atoms with Crippen molar-refractivity contribution in [3.8, 4) is 0 Å². The maximum Gasteiger partial charge on any atom is 0.261 e. The zero-order valence-corrected chi connectivity index (χ0v) is 13.6. The van der Waals surface area contributed by atoms with Gasteiger partial charge in [0, 0.05) is 25.0 Å². The van der Waals surface area contributed by atoms with E-state index in [-0.39, 0.29) is 22.9 Å². The molecule has 0 bridgehead atoms. The molecule has 0 atom stereocenters. The van der Waals surface area contributed by atoms with E-state index in [0.717, 1.165) is 5.56 Å². The highest BCUT2D eigenvalue weighted by atomic mass is 16.3. The second-order valence-electron chi connectivity index (χ2n) is 5.86. The molecule has 5 nitrogen and oxygen atoms in total. The Morgan fingerprint density at radius 1 is 1.21 bits per heavy atom. The molecular weight excluding hydrogens is 304 g/mol. The van der Waals surface area contributed by atoms with Crippen LogP contribution in [0.5, 0.6) is 0 Å². The summed E-state index contributed by atoms with van der Waals surface area (Å²) < 4.78 is 5.47. The summed E-state index contributed by atoms with van der Waals surface area (Å²) in [5.41, 5.74) is 1.12. The fraction of sp³-hybridized carbons (Fsp3) is 0.211. The third kappa shape index (κ3) is 3.06. The van der Waals surface area contributed by atoms with Gasteiger partial charge in [-0.25, -0.2) is 0 Å². The molecule has 0 aliphatic rings. The van der Waals surface area contributed by atoms with Crippen molar-refractivity contribution >= 4 is 16.9 Å². The Balaban J connectivity index is 1.99. The van der Waals surface area contributed by atoms with Crippen LogP contribution in [-0.2, 0) is 6.54 Å². The molecule has 5 heteroatoms. The first-order valence-corrected chi connectivity index (χ1v) is 7.78. The minimum Gasteiger partial charge on any atom is -0.463 e. The first-order chi connectivity index (χ1) is 11.6. The van der Waals surface area contributed by atoms with Crippen molar-refractivity contribution in [2.24, 2.45) is 0 Å². The van der Waals surface area contributed by atoms with Gasteiger partial charge < -0.3 is 9.32 Å². The maximum absolute atomic E-state index is 12.9. The number of para-hydroxylation sites is 1. The predicted octanol–water partition coefficient (Wildman–Crippen LogP) is 3.24. The molecule has 0 aliphatic heterocycles. The molecule has 0 aliphatic carbocycles. The lowest BCUT2D eigenvalue weighted by atomic mass is 10.1. The van der Waals surface area contributed by atoms with E-state index in [2.05, 4.69) is 4.98 Å². The quantitative estimate of drug-likeness (QED) is 0.740. The number of aromatic nitrogens is 1. The molecule has 0 saturated heterocycles. The molecule has 0 N–H and O–H groups in total. The summed E-state index contributed by atoms with van der Waals surface area (Å²) in [7, 11) is 0. The summed E-state index contributed by atoms with van der Waals surface area (Å²) in [5.74, 6) is -0.339. The van der Waals surface area contributed by atoms with Crippen molar-refractivity contribution < 1.29 is 9.21 Å². The second-order valence-corrected chi connectivity index (χ2v) is 5.86. The molecule has 24 heavy (non-hydrogen) atoms. The summed E-state index contributed by atoms with van der Waals surface area (Å²) in [6.07, 6.45) is 4.65. The van der Waals surface area contributed by atoms with Crippen molar-refractivity contribution in [2.45, 2.75) is 26.4 Å². The lowest BCUT2D eigenvalue weighted by molar-refractivity contribution is 0.0687. The average molecular weight is 322 g/mol. The van der Waals surface area contributed by atoms with Gasteiger partial charge in [-0.2, -0.15) is 0 Å². The van der Waals surface area contributed by atoms with E-state index >= 15 is 0 Å². The van der Waals surface area contributed by atoms with Gasteiger partial charge in [-0.05, 0) is 37.6 Å². The van der Waals surface area contributed by atoms with Crippen LogP contribution in [-0.4, -0.2) is 21.8 Å². The molecule has 0 saturated carbocycles. The van der Waals surface area contributed by atoms with E-state index in [4.69, 9.17) is 4.42 Å². The van der Waals surface area contributed by atoms with Crippen LogP contribution in [0.15, 0.2) is 64.3 Å². The van der Waals surface area contributed by atoms with Gasteiger partial charge in [-0.1, -0.05) is 18.2 Å². The number of nitrogens with zero attached hydrogens (tertiary/aromatic N) is 2. The van der Waals surface area contributed by atoms with Crippen molar-refractivity contribution in [3.63, 3.8) is 0 Å². The minimum absolute atomic E-state index is 0.0475. The molecule has 0 spiro atoms. The second kappa shape index (κ2) is 6.66. The molecule has 122 valence electrons. The molecule has 0 fully saturated rings. The molecule has 3 rings (SSSR count). The first kappa shape index (κ1) is 15.9. The van der Waals surface area contributed by atoms with Crippen LogP contribution in [0, 0.1) is 0 Å². The Kier molecular flexibility index (Phi) is 4.42. The van der Waals surface area contributed by atoms with E-state index in [1.54, 1.807) is 41.6 Å². The number of hydrogen-bond acceptors (Lipinski definition) is 4. The molecule has 0 unspecified atom stereocenters. The summed E-state index contributed by atoms with van der Waals surface area (Å²) in [6.45, 7) is 4.21. The van der Waals surface area contributed by atoms with Crippen LogP contribution in [0.25, 0.3) is 11.0 Å². The van der Waals surface area contributed by atoms with Crippen molar-refractivity contribution in [1.82, 2.24) is 9.88 Å². The maximum atomic E-state index is 12.9. The third-order valence-electron chi connectivity index (χ3n) is 3.87. The van der Waals surface area contributed by atoms with E-state index < -0.39 is 0 Å². The van der Waals surface area contributed by atoms with E-state index in [9.17, 15) is 9.59 Å². The number of amides is 1. The molecule has 3 aromatic rings. The summed E-state index contributed by atoms with van der Waals surface area (Å²) in [6, 6.07) is 10.6. The monoisotopic (exact) mass is 322 g/mol. The van der Waals surface area contributed by atoms with Gasteiger partial charge in [-0.15, -0.1) is 0 Å². The number of fused-ring (bicyclic) bond motifs is 1. The smallest absolute Gasteiger partial charge is 0.261 e. The van der Waals surface area contributed by atoms with Crippen LogP contribution in [0.4, 0.5) is 0 Å². The number of carbonyl (C=O) groups is 1. The lowest BCUT2D eigenvalue weighted by Crippen LogP contribution is -2.38. The fourth-order valence-electron chi connectivity index (χ4n) is 2.56. The van der Waals surface area contributed by atoms with Crippen molar-refractivity contribution in [1.29, 1.82) is 0 Å². The number of carbonyl (C=O) groups excluding carboxylic acids is 1. The Hall–Kier alpha value is -2.95. The topological polar surface area (TPSA) is 63.4 Å². The van der Waals surface area contributed by atoms with Gasteiger partial charge in [0.25, 0.3) is 5.91 Å². The SMILES string of the molecule is CC(C)N(Cc1cccnc1)C(=O)c1coc2ccccc2c1=O. The Morgan fingerprint density at radius 3 is 2.71 bits per heavy atom. The van der Waals surface area contributed by atoms with Crippen LogP contribution in [0.2, 0.25) is 0 Å². The van der Waals surface area contributed by atoms with E-state index in [0.29, 0.717) is 17.5 Å². The number of pyridine rings is 1.